The number of hydrogen-bond donors (Lipinski definition) is 1. The van der Waals surface area contributed by atoms with E-state index in [2.05, 4.69) is 10.1 Å². The molecule has 4 rings (SSSR count). The predicted octanol–water partition coefficient (Wildman–Crippen LogP) is 3.62. The summed E-state index contributed by atoms with van der Waals surface area (Å²) in [5.74, 6) is 0.462. The number of fused-ring (bicyclic) bond motifs is 2. The zero-order valence-electron chi connectivity index (χ0n) is 11.2. The van der Waals surface area contributed by atoms with E-state index in [1.54, 1.807) is 16.8 Å². The first-order chi connectivity index (χ1) is 10.1. The molecule has 5 nitrogen and oxygen atoms in total. The molecule has 2 aromatic carbocycles. The Morgan fingerprint density at radius 3 is 2.90 bits per heavy atom. The number of nitrogen functional groups attached to an aromatic ring is 1. The van der Waals surface area contributed by atoms with Gasteiger partial charge in [0, 0.05) is 18.5 Å². The highest BCUT2D eigenvalue weighted by atomic mass is 35.5. The summed E-state index contributed by atoms with van der Waals surface area (Å²) in [7, 11) is 1.89. The largest absolute Gasteiger partial charge is 0.435 e. The van der Waals surface area contributed by atoms with Crippen LogP contribution in [0.3, 0.4) is 0 Å². The number of aryl methyl sites for hydroxylation is 1. The highest BCUT2D eigenvalue weighted by Crippen LogP contribution is 2.32. The normalized spacial score (nSPS) is 11.5. The van der Waals surface area contributed by atoms with Crippen molar-refractivity contribution in [3.63, 3.8) is 0 Å². The molecule has 21 heavy (non-hydrogen) atoms. The van der Waals surface area contributed by atoms with Gasteiger partial charge in [0.1, 0.15) is 5.52 Å². The van der Waals surface area contributed by atoms with Crippen molar-refractivity contribution in [1.29, 1.82) is 0 Å². The Labute approximate surface area is 124 Å². The standard InChI is InChI=1S/C15H11ClN4O/c1-20-12-5-3-2-4-8(12)14(19-20)15-18-11-6-9(16)10(17)7-13(11)21-15/h2-7H,17H2,1H3. The molecule has 0 bridgehead atoms. The second kappa shape index (κ2) is 4.23. The van der Waals surface area contributed by atoms with Gasteiger partial charge in [-0.15, -0.1) is 0 Å². The molecular formula is C15H11ClN4O. The van der Waals surface area contributed by atoms with E-state index in [4.69, 9.17) is 21.8 Å². The lowest BCUT2D eigenvalue weighted by molar-refractivity contribution is 0.614. The summed E-state index contributed by atoms with van der Waals surface area (Å²) in [4.78, 5) is 4.47. The SMILES string of the molecule is Cn1nc(-c2nc3cc(Cl)c(N)cc3o2)c2ccccc21. The second-order valence-corrected chi connectivity index (χ2v) is 5.26. The molecule has 0 unspecified atom stereocenters. The molecule has 0 fully saturated rings. The molecule has 0 aliphatic rings. The summed E-state index contributed by atoms with van der Waals surface area (Å²) in [6.45, 7) is 0. The number of halogens is 1. The summed E-state index contributed by atoms with van der Waals surface area (Å²) in [5.41, 5.74) is 9.25. The van der Waals surface area contributed by atoms with Crippen LogP contribution in [0.5, 0.6) is 0 Å². The van der Waals surface area contributed by atoms with E-state index in [-0.39, 0.29) is 0 Å². The third-order valence-corrected chi connectivity index (χ3v) is 3.79. The van der Waals surface area contributed by atoms with Crippen LogP contribution < -0.4 is 5.73 Å². The molecule has 0 aliphatic heterocycles. The minimum Gasteiger partial charge on any atom is -0.435 e. The van der Waals surface area contributed by atoms with E-state index in [1.807, 2.05) is 31.3 Å². The second-order valence-electron chi connectivity index (χ2n) is 4.85. The quantitative estimate of drug-likeness (QED) is 0.545. The van der Waals surface area contributed by atoms with Crippen LogP contribution in [0.1, 0.15) is 0 Å². The molecular weight excluding hydrogens is 288 g/mol. The molecule has 2 heterocycles. The summed E-state index contributed by atoms with van der Waals surface area (Å²) in [5, 5.41) is 5.95. The van der Waals surface area contributed by atoms with Gasteiger partial charge in [-0.2, -0.15) is 5.10 Å². The fourth-order valence-corrected chi connectivity index (χ4v) is 2.60. The van der Waals surface area contributed by atoms with Crippen LogP contribution in [-0.4, -0.2) is 14.8 Å². The number of aromatic nitrogens is 3. The van der Waals surface area contributed by atoms with E-state index in [0.29, 0.717) is 33.4 Å². The van der Waals surface area contributed by atoms with E-state index in [1.165, 1.54) is 0 Å². The van der Waals surface area contributed by atoms with Gasteiger partial charge >= 0.3 is 0 Å². The fourth-order valence-electron chi connectivity index (χ4n) is 2.44. The summed E-state index contributed by atoms with van der Waals surface area (Å²) in [6, 6.07) is 11.3. The fraction of sp³-hybridized carbons (Fsp3) is 0.0667. The first kappa shape index (κ1) is 12.2. The Balaban J connectivity index is 2.00. The van der Waals surface area contributed by atoms with Crippen LogP contribution in [0.25, 0.3) is 33.6 Å². The van der Waals surface area contributed by atoms with Crippen molar-refractivity contribution < 1.29 is 4.42 Å². The van der Waals surface area contributed by atoms with Gasteiger partial charge in [0.05, 0.1) is 16.2 Å². The topological polar surface area (TPSA) is 69.9 Å². The molecule has 2 aromatic heterocycles. The molecule has 6 heteroatoms. The van der Waals surface area contributed by atoms with Gasteiger partial charge in [0.2, 0.25) is 5.89 Å². The predicted molar refractivity (Wildman–Crippen MR) is 83.1 cm³/mol. The lowest BCUT2D eigenvalue weighted by Crippen LogP contribution is -1.89. The van der Waals surface area contributed by atoms with Gasteiger partial charge in [-0.1, -0.05) is 29.8 Å². The lowest BCUT2D eigenvalue weighted by atomic mass is 10.2. The number of nitrogens with two attached hydrogens (primary N) is 1. The van der Waals surface area contributed by atoms with Crippen LogP contribution in [0, 0.1) is 0 Å². The number of benzene rings is 2. The molecule has 4 aromatic rings. The molecule has 2 N–H and O–H groups in total. The molecule has 0 amide bonds. The molecule has 0 aliphatic carbocycles. The molecule has 104 valence electrons. The van der Waals surface area contributed by atoms with Crippen molar-refractivity contribution in [3.8, 4) is 11.6 Å². The van der Waals surface area contributed by atoms with Crippen molar-refractivity contribution in [3.05, 3.63) is 41.4 Å². The third-order valence-electron chi connectivity index (χ3n) is 3.47. The van der Waals surface area contributed by atoms with E-state index in [9.17, 15) is 0 Å². The highest BCUT2D eigenvalue weighted by molar-refractivity contribution is 6.33. The lowest BCUT2D eigenvalue weighted by Gasteiger charge is -1.94. The average Bonchev–Trinajstić information content (AvgIpc) is 3.01. The maximum Gasteiger partial charge on any atom is 0.248 e. The Morgan fingerprint density at radius 1 is 1.24 bits per heavy atom. The van der Waals surface area contributed by atoms with Gasteiger partial charge in [-0.05, 0) is 12.1 Å². The molecule has 0 saturated carbocycles. The Hall–Kier alpha value is -2.53. The van der Waals surface area contributed by atoms with Gasteiger partial charge in [0.15, 0.2) is 11.3 Å². The molecule has 0 saturated heterocycles. The van der Waals surface area contributed by atoms with Crippen LogP contribution in [0.2, 0.25) is 5.02 Å². The van der Waals surface area contributed by atoms with Gasteiger partial charge < -0.3 is 10.2 Å². The van der Waals surface area contributed by atoms with Gasteiger partial charge in [-0.3, -0.25) is 4.68 Å². The number of hydrogen-bond acceptors (Lipinski definition) is 4. The van der Waals surface area contributed by atoms with Gasteiger partial charge in [-0.25, -0.2) is 4.98 Å². The maximum atomic E-state index is 6.02. The number of rotatable bonds is 1. The molecule has 0 spiro atoms. The minimum atomic E-state index is 0.462. The van der Waals surface area contributed by atoms with Gasteiger partial charge in [0.25, 0.3) is 0 Å². The van der Waals surface area contributed by atoms with Crippen molar-refractivity contribution >= 4 is 39.3 Å². The number of nitrogens with zero attached hydrogens (tertiary/aromatic N) is 3. The highest BCUT2D eigenvalue weighted by Gasteiger charge is 2.16. The van der Waals surface area contributed by atoms with E-state index in [0.717, 1.165) is 10.9 Å². The summed E-state index contributed by atoms with van der Waals surface area (Å²) >= 11 is 6.02. The van der Waals surface area contributed by atoms with Crippen LogP contribution in [-0.2, 0) is 7.05 Å². The molecule has 0 atom stereocenters. The van der Waals surface area contributed by atoms with Crippen LogP contribution >= 0.6 is 11.6 Å². The summed E-state index contributed by atoms with van der Waals surface area (Å²) < 4.78 is 7.59. The first-order valence-corrected chi connectivity index (χ1v) is 6.79. The number of anilines is 1. The Kier molecular flexibility index (Phi) is 2.46. The van der Waals surface area contributed by atoms with Crippen molar-refractivity contribution in [2.24, 2.45) is 7.05 Å². The van der Waals surface area contributed by atoms with Crippen LogP contribution in [0.15, 0.2) is 40.8 Å². The van der Waals surface area contributed by atoms with Crippen molar-refractivity contribution in [1.82, 2.24) is 14.8 Å². The van der Waals surface area contributed by atoms with E-state index >= 15 is 0 Å². The Bertz CT molecular complexity index is 947. The Morgan fingerprint density at radius 2 is 2.05 bits per heavy atom. The maximum absolute atomic E-state index is 6.02. The average molecular weight is 299 g/mol. The molecule has 0 radical (unpaired) electrons. The minimum absolute atomic E-state index is 0.462. The summed E-state index contributed by atoms with van der Waals surface area (Å²) in [6.07, 6.45) is 0. The smallest absolute Gasteiger partial charge is 0.248 e. The monoisotopic (exact) mass is 298 g/mol. The van der Waals surface area contributed by atoms with Crippen molar-refractivity contribution in [2.75, 3.05) is 5.73 Å². The third kappa shape index (κ3) is 1.78. The first-order valence-electron chi connectivity index (χ1n) is 6.41. The number of para-hydroxylation sites is 1. The van der Waals surface area contributed by atoms with Crippen molar-refractivity contribution in [2.45, 2.75) is 0 Å². The zero-order chi connectivity index (χ0) is 14.6. The zero-order valence-corrected chi connectivity index (χ0v) is 11.9. The number of oxazole rings is 1. The van der Waals surface area contributed by atoms with Crippen LogP contribution in [0.4, 0.5) is 5.69 Å². The van der Waals surface area contributed by atoms with E-state index < -0.39 is 0 Å².